The van der Waals surface area contributed by atoms with Crippen LogP contribution in [-0.4, -0.2) is 10.7 Å². The summed E-state index contributed by atoms with van der Waals surface area (Å²) < 4.78 is 5.57. The fourth-order valence-corrected chi connectivity index (χ4v) is 3.42. The minimum absolute atomic E-state index is 0.0707. The molecular weight excluding hydrogens is 406 g/mol. The highest BCUT2D eigenvalue weighted by Crippen LogP contribution is 2.29. The Kier molecular flexibility index (Phi) is 5.52. The number of aryl methyl sites for hydroxylation is 2. The second-order valence-electron chi connectivity index (χ2n) is 7.55. The zero-order valence-electron chi connectivity index (χ0n) is 17.5. The maximum atomic E-state index is 13.4. The molecule has 4 rings (SSSR count). The van der Waals surface area contributed by atoms with Gasteiger partial charge in [0.1, 0.15) is 5.76 Å². The smallest absolute Gasteiger partial charge is 0.344 e. The molecule has 6 heteroatoms. The number of non-ortho nitro benzene ring substituents is 1. The third-order valence-electron chi connectivity index (χ3n) is 5.21. The Hall–Kier alpha value is -4.32. The van der Waals surface area contributed by atoms with Crippen molar-refractivity contribution in [3.05, 3.63) is 122 Å². The maximum Gasteiger partial charge on any atom is 0.344 e. The lowest BCUT2D eigenvalue weighted by Gasteiger charge is -2.11. The maximum absolute atomic E-state index is 13.4. The van der Waals surface area contributed by atoms with E-state index in [0.29, 0.717) is 16.7 Å². The van der Waals surface area contributed by atoms with Gasteiger partial charge in [-0.2, -0.15) is 0 Å². The van der Waals surface area contributed by atoms with Gasteiger partial charge in [-0.1, -0.05) is 59.7 Å². The molecule has 0 saturated heterocycles. The van der Waals surface area contributed by atoms with Crippen molar-refractivity contribution in [1.82, 2.24) is 0 Å². The number of nitro groups is 1. The van der Waals surface area contributed by atoms with E-state index < -0.39 is 10.5 Å². The summed E-state index contributed by atoms with van der Waals surface area (Å²) in [6.07, 6.45) is 0. The molecule has 6 nitrogen and oxygen atoms in total. The fraction of sp³-hybridized carbons (Fsp3) is 0.0769. The van der Waals surface area contributed by atoms with Gasteiger partial charge in [-0.3, -0.25) is 14.9 Å². The number of nitro benzene ring substituents is 1. The number of ketones is 1. The van der Waals surface area contributed by atoms with E-state index >= 15 is 0 Å². The Bertz CT molecular complexity index is 1370. The van der Waals surface area contributed by atoms with Crippen molar-refractivity contribution < 1.29 is 14.1 Å². The highest BCUT2D eigenvalue weighted by molar-refractivity contribution is 6.13. The van der Waals surface area contributed by atoms with E-state index in [1.165, 1.54) is 24.3 Å². The molecule has 4 aromatic rings. The van der Waals surface area contributed by atoms with Crippen LogP contribution in [0.1, 0.15) is 27.0 Å². The zero-order valence-corrected chi connectivity index (χ0v) is 17.5. The number of benzene rings is 3. The molecule has 0 spiro atoms. The highest BCUT2D eigenvalue weighted by Gasteiger charge is 2.22. The van der Waals surface area contributed by atoms with E-state index in [0.717, 1.165) is 11.1 Å². The molecule has 0 amide bonds. The molecule has 3 aromatic carbocycles. The molecule has 0 unspecified atom stereocenters. The largest absolute Gasteiger partial charge is 0.422 e. The number of hydrogen-bond donors (Lipinski definition) is 0. The molecule has 0 atom stereocenters. The lowest BCUT2D eigenvalue weighted by atomic mass is 9.94. The Morgan fingerprint density at radius 3 is 1.91 bits per heavy atom. The first-order valence-corrected chi connectivity index (χ1v) is 9.95. The van der Waals surface area contributed by atoms with Crippen molar-refractivity contribution >= 4 is 11.5 Å². The van der Waals surface area contributed by atoms with Crippen LogP contribution in [0.2, 0.25) is 0 Å². The molecule has 0 aliphatic carbocycles. The Labute approximate surface area is 183 Å². The number of carbonyl (C=O) groups excluding carboxylic acids is 1. The summed E-state index contributed by atoms with van der Waals surface area (Å²) in [4.78, 5) is 37.0. The standard InChI is InChI=1S/C26H19NO5/c1-16-3-7-18(8-4-16)23-15-22(25(28)20-9-5-17(2)6-10-20)24(26(29)32-23)19-11-13-21(14-12-19)27(30)31/h3-15H,1-2H3. The number of rotatable bonds is 5. The van der Waals surface area contributed by atoms with Crippen LogP contribution >= 0.6 is 0 Å². The van der Waals surface area contributed by atoms with Gasteiger partial charge in [0.15, 0.2) is 5.78 Å². The normalized spacial score (nSPS) is 10.7. The van der Waals surface area contributed by atoms with Gasteiger partial charge in [-0.25, -0.2) is 4.79 Å². The van der Waals surface area contributed by atoms with E-state index in [1.807, 2.05) is 50.2 Å². The van der Waals surface area contributed by atoms with Crippen LogP contribution in [-0.2, 0) is 0 Å². The molecule has 1 heterocycles. The average molecular weight is 425 g/mol. The second-order valence-corrected chi connectivity index (χ2v) is 7.55. The van der Waals surface area contributed by atoms with Gasteiger partial charge in [0.2, 0.25) is 0 Å². The summed E-state index contributed by atoms with van der Waals surface area (Å²) in [6, 6.07) is 21.5. The van der Waals surface area contributed by atoms with Crippen LogP contribution < -0.4 is 5.63 Å². The number of hydrogen-bond acceptors (Lipinski definition) is 5. The molecule has 0 bridgehead atoms. The zero-order chi connectivity index (χ0) is 22.8. The van der Waals surface area contributed by atoms with Crippen LogP contribution in [0.4, 0.5) is 5.69 Å². The predicted octanol–water partition coefficient (Wildman–Crippen LogP) is 5.73. The first-order valence-electron chi connectivity index (χ1n) is 9.95. The highest BCUT2D eigenvalue weighted by atomic mass is 16.6. The summed E-state index contributed by atoms with van der Waals surface area (Å²) in [6.45, 7) is 3.87. The predicted molar refractivity (Wildman–Crippen MR) is 122 cm³/mol. The van der Waals surface area contributed by atoms with E-state index in [9.17, 15) is 19.7 Å². The minimum atomic E-state index is -0.688. The number of nitrogens with zero attached hydrogens (tertiary/aromatic N) is 1. The summed E-state index contributed by atoms with van der Waals surface area (Å²) in [5, 5.41) is 11.0. The van der Waals surface area contributed by atoms with E-state index in [-0.39, 0.29) is 28.4 Å². The topological polar surface area (TPSA) is 90.4 Å². The Balaban J connectivity index is 1.92. The molecule has 0 aliphatic rings. The minimum Gasteiger partial charge on any atom is -0.422 e. The monoisotopic (exact) mass is 425 g/mol. The van der Waals surface area contributed by atoms with Crippen LogP contribution in [0.15, 0.2) is 88.1 Å². The molecule has 158 valence electrons. The Morgan fingerprint density at radius 1 is 0.812 bits per heavy atom. The quantitative estimate of drug-likeness (QED) is 0.231. The van der Waals surface area contributed by atoms with Gasteiger partial charge in [0.05, 0.1) is 10.5 Å². The van der Waals surface area contributed by atoms with Gasteiger partial charge in [0, 0.05) is 28.8 Å². The van der Waals surface area contributed by atoms with Crippen LogP contribution in [0.5, 0.6) is 0 Å². The lowest BCUT2D eigenvalue weighted by Crippen LogP contribution is -2.13. The number of carbonyl (C=O) groups is 1. The third kappa shape index (κ3) is 4.11. The van der Waals surface area contributed by atoms with Crippen LogP contribution in [0, 0.1) is 24.0 Å². The van der Waals surface area contributed by atoms with Crippen molar-refractivity contribution in [2.75, 3.05) is 0 Å². The summed E-state index contributed by atoms with van der Waals surface area (Å²) in [5.41, 5.74) is 2.97. The average Bonchev–Trinajstić information content (AvgIpc) is 2.79. The van der Waals surface area contributed by atoms with Crippen molar-refractivity contribution in [1.29, 1.82) is 0 Å². The molecular formula is C26H19NO5. The molecule has 1 aromatic heterocycles. The molecule has 0 N–H and O–H groups in total. The van der Waals surface area contributed by atoms with Crippen LogP contribution in [0.25, 0.3) is 22.5 Å². The molecule has 0 fully saturated rings. The van der Waals surface area contributed by atoms with Gasteiger partial charge < -0.3 is 4.42 Å². The first-order chi connectivity index (χ1) is 15.3. The van der Waals surface area contributed by atoms with Gasteiger partial charge >= 0.3 is 5.63 Å². The van der Waals surface area contributed by atoms with E-state index in [4.69, 9.17) is 4.42 Å². The summed E-state index contributed by atoms with van der Waals surface area (Å²) >= 11 is 0. The van der Waals surface area contributed by atoms with Crippen molar-refractivity contribution in [3.63, 3.8) is 0 Å². The van der Waals surface area contributed by atoms with Gasteiger partial charge in [-0.05, 0) is 37.6 Å². The van der Waals surface area contributed by atoms with E-state index in [2.05, 4.69) is 0 Å². The molecule has 0 aliphatic heterocycles. The van der Waals surface area contributed by atoms with Gasteiger partial charge in [-0.15, -0.1) is 0 Å². The van der Waals surface area contributed by atoms with Crippen molar-refractivity contribution in [3.8, 4) is 22.5 Å². The Morgan fingerprint density at radius 2 is 1.34 bits per heavy atom. The summed E-state index contributed by atoms with van der Waals surface area (Å²) in [5.74, 6) is -0.0595. The van der Waals surface area contributed by atoms with Crippen LogP contribution in [0.3, 0.4) is 0 Å². The van der Waals surface area contributed by atoms with E-state index in [1.54, 1.807) is 18.2 Å². The first kappa shape index (κ1) is 20.9. The molecule has 0 radical (unpaired) electrons. The molecule has 0 saturated carbocycles. The molecule has 32 heavy (non-hydrogen) atoms. The lowest BCUT2D eigenvalue weighted by molar-refractivity contribution is -0.384. The third-order valence-corrected chi connectivity index (χ3v) is 5.21. The fourth-order valence-electron chi connectivity index (χ4n) is 3.42. The van der Waals surface area contributed by atoms with Gasteiger partial charge in [0.25, 0.3) is 5.69 Å². The second kappa shape index (κ2) is 8.43. The SMILES string of the molecule is Cc1ccc(C(=O)c2cc(-c3ccc(C)cc3)oc(=O)c2-c2ccc([N+](=O)[O-])cc2)cc1. The van der Waals surface area contributed by atoms with Crippen molar-refractivity contribution in [2.24, 2.45) is 0 Å². The van der Waals surface area contributed by atoms with Crippen molar-refractivity contribution in [2.45, 2.75) is 13.8 Å². The summed E-state index contributed by atoms with van der Waals surface area (Å²) in [7, 11) is 0.